The van der Waals surface area contributed by atoms with E-state index in [1.807, 2.05) is 12.1 Å². The molecule has 2 aliphatic rings. The highest BCUT2D eigenvalue weighted by molar-refractivity contribution is 5.43. The van der Waals surface area contributed by atoms with Gasteiger partial charge in [-0.15, -0.1) is 6.42 Å². The van der Waals surface area contributed by atoms with Crippen molar-refractivity contribution in [3.05, 3.63) is 34.9 Å². The second kappa shape index (κ2) is 9.36. The van der Waals surface area contributed by atoms with Gasteiger partial charge in [-0.1, -0.05) is 18.1 Å². The number of methoxy groups -OCH3 is 1. The van der Waals surface area contributed by atoms with Gasteiger partial charge in [-0.05, 0) is 55.2 Å². The molecule has 0 bridgehead atoms. The fraction of sp³-hybridized carbons (Fsp3) is 0.636. The molecule has 0 unspecified atom stereocenters. The predicted octanol–water partition coefficient (Wildman–Crippen LogP) is 0.930. The molecule has 6 heteroatoms. The fourth-order valence-corrected chi connectivity index (χ4v) is 4.36. The van der Waals surface area contributed by atoms with Gasteiger partial charge in [-0.25, -0.2) is 0 Å². The molecule has 154 valence electrons. The smallest absolute Gasteiger partial charge is 0.113 e. The number of benzene rings is 1. The fourth-order valence-electron chi connectivity index (χ4n) is 4.36. The van der Waals surface area contributed by atoms with Crippen molar-refractivity contribution in [1.29, 1.82) is 0 Å². The molecular weight excluding hydrogens is 360 g/mol. The van der Waals surface area contributed by atoms with Crippen LogP contribution in [0.1, 0.15) is 48.5 Å². The quantitative estimate of drug-likeness (QED) is 0.559. The van der Waals surface area contributed by atoms with Crippen LogP contribution in [0, 0.1) is 18.3 Å². The maximum Gasteiger partial charge on any atom is 0.113 e. The van der Waals surface area contributed by atoms with Crippen LogP contribution >= 0.6 is 0 Å². The Morgan fingerprint density at radius 1 is 1.11 bits per heavy atom. The summed E-state index contributed by atoms with van der Waals surface area (Å²) in [6, 6.07) is 5.52. The van der Waals surface area contributed by atoms with Gasteiger partial charge in [0.1, 0.15) is 30.5 Å². The summed E-state index contributed by atoms with van der Waals surface area (Å²) < 4.78 is 11.1. The number of aliphatic hydroxyl groups is 4. The van der Waals surface area contributed by atoms with Crippen LogP contribution in [0.2, 0.25) is 0 Å². The third-order valence-corrected chi connectivity index (χ3v) is 6.14. The zero-order valence-electron chi connectivity index (χ0n) is 16.2. The first-order chi connectivity index (χ1) is 13.5. The molecule has 1 saturated heterocycles. The summed E-state index contributed by atoms with van der Waals surface area (Å²) in [5.41, 5.74) is 2.50. The van der Waals surface area contributed by atoms with Gasteiger partial charge in [0.2, 0.25) is 0 Å². The Labute approximate surface area is 166 Å². The molecule has 1 heterocycles. The molecule has 28 heavy (non-hydrogen) atoms. The molecule has 2 fully saturated rings. The van der Waals surface area contributed by atoms with Crippen LogP contribution < -0.4 is 0 Å². The molecule has 4 N–H and O–H groups in total. The van der Waals surface area contributed by atoms with E-state index in [2.05, 4.69) is 5.92 Å². The third-order valence-electron chi connectivity index (χ3n) is 6.14. The SMILES string of the molecule is C#Cc1ccc([C@@H]2O[C@H](CO)[C@@H](O)[C@H](O)[C@H]2O)cc1CC1CCC(OC)CC1. The molecule has 0 aromatic heterocycles. The van der Waals surface area contributed by atoms with Crippen molar-refractivity contribution in [3.8, 4) is 12.3 Å². The molecule has 1 aliphatic heterocycles. The Hall–Kier alpha value is -1.46. The number of hydrogen-bond acceptors (Lipinski definition) is 6. The number of aliphatic hydroxyl groups excluding tert-OH is 4. The maximum atomic E-state index is 10.4. The Balaban J connectivity index is 1.80. The number of hydrogen-bond donors (Lipinski definition) is 4. The largest absolute Gasteiger partial charge is 0.394 e. The molecule has 3 rings (SSSR count). The average Bonchev–Trinajstić information content (AvgIpc) is 2.73. The topological polar surface area (TPSA) is 99.4 Å². The summed E-state index contributed by atoms with van der Waals surface area (Å²) >= 11 is 0. The van der Waals surface area contributed by atoms with E-state index in [4.69, 9.17) is 15.9 Å². The second-order valence-electron chi connectivity index (χ2n) is 7.89. The average molecular weight is 390 g/mol. The predicted molar refractivity (Wildman–Crippen MR) is 104 cm³/mol. The molecule has 0 spiro atoms. The first-order valence-corrected chi connectivity index (χ1v) is 9.91. The van der Waals surface area contributed by atoms with Crippen molar-refractivity contribution < 1.29 is 29.9 Å². The molecule has 0 radical (unpaired) electrons. The second-order valence-corrected chi connectivity index (χ2v) is 7.89. The van der Waals surface area contributed by atoms with E-state index < -0.39 is 37.1 Å². The van der Waals surface area contributed by atoms with Gasteiger partial charge in [-0.3, -0.25) is 0 Å². The van der Waals surface area contributed by atoms with E-state index in [9.17, 15) is 20.4 Å². The summed E-state index contributed by atoms with van der Waals surface area (Å²) in [7, 11) is 1.76. The van der Waals surface area contributed by atoms with E-state index in [-0.39, 0.29) is 0 Å². The van der Waals surface area contributed by atoms with Crippen LogP contribution in [0.3, 0.4) is 0 Å². The van der Waals surface area contributed by atoms with Crippen molar-refractivity contribution in [2.24, 2.45) is 5.92 Å². The van der Waals surface area contributed by atoms with Gasteiger partial charge in [0, 0.05) is 12.7 Å². The minimum Gasteiger partial charge on any atom is -0.394 e. The molecule has 5 atom stereocenters. The lowest BCUT2D eigenvalue weighted by molar-refractivity contribution is -0.231. The van der Waals surface area contributed by atoms with Crippen LogP contribution in [0.15, 0.2) is 18.2 Å². The Kier molecular flexibility index (Phi) is 7.10. The lowest BCUT2D eigenvalue weighted by Crippen LogP contribution is -2.55. The van der Waals surface area contributed by atoms with E-state index in [1.165, 1.54) is 0 Å². The lowest BCUT2D eigenvalue weighted by atomic mass is 9.81. The van der Waals surface area contributed by atoms with Crippen LogP contribution in [-0.2, 0) is 15.9 Å². The molecule has 0 amide bonds. The van der Waals surface area contributed by atoms with Gasteiger partial charge in [-0.2, -0.15) is 0 Å². The van der Waals surface area contributed by atoms with Gasteiger partial charge >= 0.3 is 0 Å². The van der Waals surface area contributed by atoms with Gasteiger partial charge in [0.15, 0.2) is 0 Å². The number of ether oxygens (including phenoxy) is 2. The Bertz CT molecular complexity index is 689. The van der Waals surface area contributed by atoms with Gasteiger partial charge < -0.3 is 29.9 Å². The highest BCUT2D eigenvalue weighted by Crippen LogP contribution is 2.35. The minimum atomic E-state index is -1.39. The highest BCUT2D eigenvalue weighted by atomic mass is 16.5. The lowest BCUT2D eigenvalue weighted by Gasteiger charge is -2.40. The minimum absolute atomic E-state index is 0.337. The monoisotopic (exact) mass is 390 g/mol. The van der Waals surface area contributed by atoms with Crippen molar-refractivity contribution in [3.63, 3.8) is 0 Å². The normalized spacial score (nSPS) is 36.1. The van der Waals surface area contributed by atoms with Crippen molar-refractivity contribution in [2.45, 2.75) is 68.7 Å². The molecule has 1 aromatic rings. The summed E-state index contributed by atoms with van der Waals surface area (Å²) in [6.07, 6.45) is 5.27. The first-order valence-electron chi connectivity index (χ1n) is 9.91. The molecule has 1 aliphatic carbocycles. The molecule has 6 nitrogen and oxygen atoms in total. The Morgan fingerprint density at radius 2 is 1.82 bits per heavy atom. The van der Waals surface area contributed by atoms with Crippen LogP contribution in [-0.4, -0.2) is 64.7 Å². The van der Waals surface area contributed by atoms with E-state index in [0.29, 0.717) is 17.6 Å². The number of terminal acetylenes is 1. The standard InChI is InChI=1S/C22H30O6/c1-3-14-6-7-15(22-21(26)20(25)19(24)18(12-23)28-22)11-16(14)10-13-4-8-17(27-2)9-5-13/h1,6-7,11,13,17-26H,4-5,8-10,12H2,2H3/t13?,17?,18-,19-,20+,21-,22+/m1/s1. The summed E-state index contributed by atoms with van der Waals surface area (Å²) in [4.78, 5) is 0. The maximum absolute atomic E-state index is 10.4. The third kappa shape index (κ3) is 4.41. The van der Waals surface area contributed by atoms with Crippen molar-refractivity contribution in [1.82, 2.24) is 0 Å². The summed E-state index contributed by atoms with van der Waals surface area (Å²) in [6.45, 7) is -0.445. The van der Waals surface area contributed by atoms with Crippen molar-refractivity contribution in [2.75, 3.05) is 13.7 Å². The summed E-state index contributed by atoms with van der Waals surface area (Å²) in [5, 5.41) is 39.9. The van der Waals surface area contributed by atoms with Crippen LogP contribution in [0.4, 0.5) is 0 Å². The zero-order valence-corrected chi connectivity index (χ0v) is 16.2. The van der Waals surface area contributed by atoms with Crippen molar-refractivity contribution >= 4 is 0 Å². The number of rotatable bonds is 5. The van der Waals surface area contributed by atoms with E-state index in [0.717, 1.165) is 43.2 Å². The van der Waals surface area contributed by atoms with E-state index in [1.54, 1.807) is 13.2 Å². The Morgan fingerprint density at radius 3 is 2.43 bits per heavy atom. The molecular formula is C22H30O6. The van der Waals surface area contributed by atoms with Crippen LogP contribution in [0.5, 0.6) is 0 Å². The molecule has 1 aromatic carbocycles. The zero-order chi connectivity index (χ0) is 20.3. The summed E-state index contributed by atoms with van der Waals surface area (Å²) in [5.74, 6) is 3.24. The molecule has 1 saturated carbocycles. The highest BCUT2D eigenvalue weighted by Gasteiger charge is 2.44. The van der Waals surface area contributed by atoms with Gasteiger partial charge in [0.05, 0.1) is 12.7 Å². The van der Waals surface area contributed by atoms with Gasteiger partial charge in [0.25, 0.3) is 0 Å². The van der Waals surface area contributed by atoms with Crippen LogP contribution in [0.25, 0.3) is 0 Å². The first kappa shape index (κ1) is 21.3. The van der Waals surface area contributed by atoms with E-state index >= 15 is 0 Å².